The minimum absolute atomic E-state index is 0. The van der Waals surface area contributed by atoms with Gasteiger partial charge in [-0.15, -0.1) is 0 Å². The molecule has 0 aliphatic heterocycles. The summed E-state index contributed by atoms with van der Waals surface area (Å²) in [4.78, 5) is 7.28. The topological polar surface area (TPSA) is 28.7 Å². The Balaban J connectivity index is 0.000000720. The van der Waals surface area contributed by atoms with E-state index in [4.69, 9.17) is 0 Å². The Morgan fingerprint density at radius 3 is 2.82 bits per heavy atom. The van der Waals surface area contributed by atoms with E-state index < -0.39 is 0 Å². The van der Waals surface area contributed by atoms with Crippen LogP contribution in [0.4, 0.5) is 0 Å². The number of hydrogen-bond acceptors (Lipinski definition) is 1. The van der Waals surface area contributed by atoms with Crippen LogP contribution in [0.5, 0.6) is 0 Å². The highest BCUT2D eigenvalue weighted by Gasteiger charge is 1.94. The quantitative estimate of drug-likeness (QED) is 0.657. The van der Waals surface area contributed by atoms with Gasteiger partial charge in [0, 0.05) is 13.8 Å². The zero-order valence-electron chi connectivity index (χ0n) is 5.99. The molecular formula is C9H10N2. The van der Waals surface area contributed by atoms with Gasteiger partial charge in [0.1, 0.15) is 0 Å². The molecule has 0 amide bonds. The molecule has 11 heavy (non-hydrogen) atoms. The molecule has 0 spiro atoms. The van der Waals surface area contributed by atoms with Crippen molar-refractivity contribution in [3.63, 3.8) is 0 Å². The molecule has 0 saturated carbocycles. The van der Waals surface area contributed by atoms with Crippen LogP contribution in [0, 0.1) is 0 Å². The molecule has 0 bridgehead atoms. The maximum absolute atomic E-state index is 4.19. The van der Waals surface area contributed by atoms with Gasteiger partial charge in [0.2, 0.25) is 0 Å². The molecule has 0 saturated heterocycles. The summed E-state index contributed by atoms with van der Waals surface area (Å²) < 4.78 is 0. The maximum atomic E-state index is 4.19. The zero-order chi connectivity index (χ0) is 7.52. The first-order chi connectivity index (χ1) is 5.47. The van der Waals surface area contributed by atoms with Gasteiger partial charge in [0.25, 0.3) is 0 Å². The average Bonchev–Trinajstić information content (AvgIpc) is 2.58. The molecule has 0 aromatic carbocycles. The molecule has 0 aliphatic rings. The van der Waals surface area contributed by atoms with Crippen LogP contribution in [0.2, 0.25) is 0 Å². The number of hydrogen-bond donors (Lipinski definition) is 1. The van der Waals surface area contributed by atoms with Crippen molar-refractivity contribution in [1.29, 1.82) is 0 Å². The monoisotopic (exact) mass is 146 g/mol. The predicted molar refractivity (Wildman–Crippen MR) is 46.1 cm³/mol. The average molecular weight is 146 g/mol. The van der Waals surface area contributed by atoms with Crippen molar-refractivity contribution in [3.8, 4) is 11.4 Å². The number of pyridine rings is 1. The molecule has 0 atom stereocenters. The first kappa shape index (κ1) is 6.16. The second kappa shape index (κ2) is 2.58. The summed E-state index contributed by atoms with van der Waals surface area (Å²) in [6.07, 6.45) is 3.68. The van der Waals surface area contributed by atoms with Crippen LogP contribution in [0.25, 0.3) is 11.4 Å². The summed E-state index contributed by atoms with van der Waals surface area (Å²) in [5, 5.41) is 0. The van der Waals surface area contributed by atoms with E-state index in [1.165, 1.54) is 0 Å². The minimum Gasteiger partial charge on any atom is -0.360 e. The molecule has 0 fully saturated rings. The van der Waals surface area contributed by atoms with E-state index in [-0.39, 0.29) is 1.43 Å². The van der Waals surface area contributed by atoms with Gasteiger partial charge >= 0.3 is 0 Å². The number of rotatable bonds is 1. The molecule has 0 aliphatic carbocycles. The van der Waals surface area contributed by atoms with Gasteiger partial charge in [0.05, 0.1) is 11.4 Å². The second-order valence-corrected chi connectivity index (χ2v) is 2.30. The van der Waals surface area contributed by atoms with Crippen molar-refractivity contribution in [3.05, 3.63) is 42.7 Å². The Labute approximate surface area is 66.4 Å². The Morgan fingerprint density at radius 1 is 1.18 bits per heavy atom. The first-order valence-corrected chi connectivity index (χ1v) is 3.51. The van der Waals surface area contributed by atoms with E-state index in [9.17, 15) is 0 Å². The zero-order valence-corrected chi connectivity index (χ0v) is 5.99. The van der Waals surface area contributed by atoms with Gasteiger partial charge in [-0.25, -0.2) is 0 Å². The molecule has 2 rings (SSSR count). The summed E-state index contributed by atoms with van der Waals surface area (Å²) in [7, 11) is 0. The highest BCUT2D eigenvalue weighted by molar-refractivity contribution is 5.53. The SMILES string of the molecule is [HH].c1ccc(-c2ccc[nH]2)nc1. The molecule has 0 radical (unpaired) electrons. The smallest absolute Gasteiger partial charge is 0.0864 e. The van der Waals surface area contributed by atoms with Crippen LogP contribution >= 0.6 is 0 Å². The predicted octanol–water partition coefficient (Wildman–Crippen LogP) is 2.32. The maximum Gasteiger partial charge on any atom is 0.0864 e. The minimum atomic E-state index is 0. The third kappa shape index (κ3) is 1.15. The summed E-state index contributed by atoms with van der Waals surface area (Å²) in [6, 6.07) is 9.83. The van der Waals surface area contributed by atoms with Crippen LogP contribution < -0.4 is 0 Å². The van der Waals surface area contributed by atoms with E-state index >= 15 is 0 Å². The Kier molecular flexibility index (Phi) is 1.44. The second-order valence-electron chi connectivity index (χ2n) is 2.30. The fraction of sp³-hybridized carbons (Fsp3) is 0. The van der Waals surface area contributed by atoms with Crippen molar-refractivity contribution in [2.24, 2.45) is 0 Å². The highest BCUT2D eigenvalue weighted by atomic mass is 14.8. The van der Waals surface area contributed by atoms with Crippen LogP contribution in [-0.4, -0.2) is 9.97 Å². The largest absolute Gasteiger partial charge is 0.360 e. The van der Waals surface area contributed by atoms with E-state index in [0.717, 1.165) is 11.4 Å². The Bertz CT molecular complexity index is 316. The molecule has 2 nitrogen and oxygen atoms in total. The Morgan fingerprint density at radius 2 is 2.18 bits per heavy atom. The fourth-order valence-corrected chi connectivity index (χ4v) is 1.01. The van der Waals surface area contributed by atoms with E-state index in [2.05, 4.69) is 9.97 Å². The lowest BCUT2D eigenvalue weighted by Gasteiger charge is -1.93. The third-order valence-electron chi connectivity index (χ3n) is 1.54. The van der Waals surface area contributed by atoms with Crippen molar-refractivity contribution in [1.82, 2.24) is 9.97 Å². The summed E-state index contributed by atoms with van der Waals surface area (Å²) in [5.41, 5.74) is 2.04. The standard InChI is InChI=1S/C9H8N2.H2/c1-2-6-10-8(4-1)9-5-3-7-11-9;/h1-7,11H;1H. The van der Waals surface area contributed by atoms with E-state index in [1.54, 1.807) is 6.20 Å². The van der Waals surface area contributed by atoms with Gasteiger partial charge in [-0.1, -0.05) is 6.07 Å². The molecule has 2 aromatic heterocycles. The van der Waals surface area contributed by atoms with Crippen molar-refractivity contribution in [2.45, 2.75) is 0 Å². The van der Waals surface area contributed by atoms with Crippen LogP contribution in [-0.2, 0) is 0 Å². The van der Waals surface area contributed by atoms with Gasteiger partial charge in [-0.05, 0) is 24.3 Å². The Hall–Kier alpha value is -1.57. The molecule has 2 aromatic rings. The van der Waals surface area contributed by atoms with Crippen molar-refractivity contribution in [2.75, 3.05) is 0 Å². The number of aromatic nitrogens is 2. The number of nitrogens with zero attached hydrogens (tertiary/aromatic N) is 1. The lowest BCUT2D eigenvalue weighted by Crippen LogP contribution is -1.79. The van der Waals surface area contributed by atoms with Gasteiger partial charge < -0.3 is 4.98 Å². The van der Waals surface area contributed by atoms with E-state index in [1.807, 2.05) is 36.5 Å². The lowest BCUT2D eigenvalue weighted by atomic mass is 10.3. The molecule has 2 heterocycles. The number of nitrogens with one attached hydrogen (secondary N) is 1. The lowest BCUT2D eigenvalue weighted by molar-refractivity contribution is 1.28. The van der Waals surface area contributed by atoms with Gasteiger partial charge in [0.15, 0.2) is 0 Å². The fourth-order valence-electron chi connectivity index (χ4n) is 1.01. The van der Waals surface area contributed by atoms with Gasteiger partial charge in [-0.2, -0.15) is 0 Å². The van der Waals surface area contributed by atoms with Crippen LogP contribution in [0.15, 0.2) is 42.7 Å². The van der Waals surface area contributed by atoms with E-state index in [0.29, 0.717) is 0 Å². The van der Waals surface area contributed by atoms with Gasteiger partial charge in [-0.3, -0.25) is 4.98 Å². The normalized spacial score (nSPS) is 9.82. The number of aromatic amines is 1. The molecule has 56 valence electrons. The molecule has 2 heteroatoms. The van der Waals surface area contributed by atoms with Crippen molar-refractivity contribution < 1.29 is 1.43 Å². The van der Waals surface area contributed by atoms with Crippen molar-refractivity contribution >= 4 is 0 Å². The molecule has 0 unspecified atom stereocenters. The highest BCUT2D eigenvalue weighted by Crippen LogP contribution is 2.11. The third-order valence-corrected chi connectivity index (χ3v) is 1.54. The molecular weight excluding hydrogens is 136 g/mol. The molecule has 1 N–H and O–H groups in total. The van der Waals surface area contributed by atoms with Crippen LogP contribution in [0.3, 0.4) is 0 Å². The first-order valence-electron chi connectivity index (χ1n) is 3.51. The summed E-state index contributed by atoms with van der Waals surface area (Å²) >= 11 is 0. The summed E-state index contributed by atoms with van der Waals surface area (Å²) in [5.74, 6) is 0. The van der Waals surface area contributed by atoms with Crippen LogP contribution in [0.1, 0.15) is 1.43 Å². The number of H-pyrrole nitrogens is 1. The summed E-state index contributed by atoms with van der Waals surface area (Å²) in [6.45, 7) is 0.